The lowest BCUT2D eigenvalue weighted by Crippen LogP contribution is -2.17. The fourth-order valence-electron chi connectivity index (χ4n) is 2.04. The first-order valence-electron chi connectivity index (χ1n) is 6.57. The van der Waals surface area contributed by atoms with Crippen LogP contribution in [0.2, 0.25) is 5.02 Å². The Kier molecular flexibility index (Phi) is 3.89. The highest BCUT2D eigenvalue weighted by Crippen LogP contribution is 2.28. The molecule has 0 saturated heterocycles. The summed E-state index contributed by atoms with van der Waals surface area (Å²) in [6.45, 7) is 0. The molecule has 0 radical (unpaired) electrons. The summed E-state index contributed by atoms with van der Waals surface area (Å²) in [5.74, 6) is 0.761. The van der Waals surface area contributed by atoms with E-state index >= 15 is 0 Å². The first-order chi connectivity index (χ1) is 10.7. The van der Waals surface area contributed by atoms with E-state index in [1.165, 1.54) is 6.33 Å². The van der Waals surface area contributed by atoms with Gasteiger partial charge < -0.3 is 10.1 Å². The average Bonchev–Trinajstić information content (AvgIpc) is 2.54. The van der Waals surface area contributed by atoms with Gasteiger partial charge in [-0.05, 0) is 36.4 Å². The van der Waals surface area contributed by atoms with Gasteiger partial charge in [0.1, 0.15) is 12.1 Å². The molecule has 0 atom stereocenters. The van der Waals surface area contributed by atoms with E-state index in [9.17, 15) is 4.79 Å². The van der Waals surface area contributed by atoms with Crippen molar-refractivity contribution in [3.05, 3.63) is 59.4 Å². The summed E-state index contributed by atoms with van der Waals surface area (Å²) < 4.78 is 5.79. The zero-order valence-corrected chi connectivity index (χ0v) is 12.5. The standard InChI is InChI=1S/C16H12ClN3O2/c1-18-15(21)10-3-2-4-12(7-10)22-16-13-6-5-11(17)8-14(13)19-9-20-16/h2-9H,1H3,(H,18,21). The van der Waals surface area contributed by atoms with E-state index in [4.69, 9.17) is 16.3 Å². The lowest BCUT2D eigenvalue weighted by Gasteiger charge is -2.08. The lowest BCUT2D eigenvalue weighted by molar-refractivity contribution is 0.0963. The first kappa shape index (κ1) is 14.3. The number of amides is 1. The maximum atomic E-state index is 11.7. The Bertz CT molecular complexity index is 852. The van der Waals surface area contributed by atoms with Crippen molar-refractivity contribution in [1.29, 1.82) is 0 Å². The van der Waals surface area contributed by atoms with Crippen molar-refractivity contribution in [2.24, 2.45) is 0 Å². The number of ether oxygens (including phenoxy) is 1. The number of fused-ring (bicyclic) bond motifs is 1. The molecule has 1 amide bonds. The van der Waals surface area contributed by atoms with Gasteiger partial charge in [-0.3, -0.25) is 4.79 Å². The second-order valence-electron chi connectivity index (χ2n) is 4.55. The number of halogens is 1. The number of hydrogen-bond donors (Lipinski definition) is 1. The Morgan fingerprint density at radius 1 is 1.18 bits per heavy atom. The molecule has 0 bridgehead atoms. The molecule has 6 heteroatoms. The molecule has 0 aliphatic carbocycles. The molecule has 2 aromatic carbocycles. The Hall–Kier alpha value is -2.66. The number of nitrogens with one attached hydrogen (secondary N) is 1. The molecule has 5 nitrogen and oxygen atoms in total. The molecule has 0 aliphatic heterocycles. The number of benzene rings is 2. The molecule has 0 spiro atoms. The highest BCUT2D eigenvalue weighted by molar-refractivity contribution is 6.31. The van der Waals surface area contributed by atoms with Gasteiger partial charge in [-0.25, -0.2) is 9.97 Å². The van der Waals surface area contributed by atoms with Gasteiger partial charge in [0.2, 0.25) is 5.88 Å². The zero-order chi connectivity index (χ0) is 15.5. The minimum atomic E-state index is -0.176. The van der Waals surface area contributed by atoms with Gasteiger partial charge in [0.15, 0.2) is 0 Å². The zero-order valence-electron chi connectivity index (χ0n) is 11.7. The molecule has 3 rings (SSSR count). The van der Waals surface area contributed by atoms with Crippen molar-refractivity contribution in [2.75, 3.05) is 7.05 Å². The predicted octanol–water partition coefficient (Wildman–Crippen LogP) is 3.44. The molecule has 110 valence electrons. The lowest BCUT2D eigenvalue weighted by atomic mass is 10.2. The van der Waals surface area contributed by atoms with Crippen molar-refractivity contribution in [1.82, 2.24) is 15.3 Å². The third-order valence-electron chi connectivity index (χ3n) is 3.10. The number of hydrogen-bond acceptors (Lipinski definition) is 4. The van der Waals surface area contributed by atoms with Crippen molar-refractivity contribution < 1.29 is 9.53 Å². The van der Waals surface area contributed by atoms with Gasteiger partial charge >= 0.3 is 0 Å². The van der Waals surface area contributed by atoms with Crippen molar-refractivity contribution in [3.63, 3.8) is 0 Å². The molecule has 1 heterocycles. The van der Waals surface area contributed by atoms with E-state index in [1.807, 2.05) is 0 Å². The topological polar surface area (TPSA) is 64.1 Å². The fraction of sp³-hybridized carbons (Fsp3) is 0.0625. The Balaban J connectivity index is 1.98. The molecule has 1 N–H and O–H groups in total. The number of rotatable bonds is 3. The summed E-state index contributed by atoms with van der Waals surface area (Å²) in [5.41, 5.74) is 1.21. The van der Waals surface area contributed by atoms with Gasteiger partial charge in [-0.15, -0.1) is 0 Å². The average molecular weight is 314 g/mol. The summed E-state index contributed by atoms with van der Waals surface area (Å²) in [6, 6.07) is 12.2. The van der Waals surface area contributed by atoms with Gasteiger partial charge in [-0.2, -0.15) is 0 Å². The summed E-state index contributed by atoms with van der Waals surface area (Å²) in [6.07, 6.45) is 1.41. The quantitative estimate of drug-likeness (QED) is 0.804. The molecule has 22 heavy (non-hydrogen) atoms. The second kappa shape index (κ2) is 5.99. The van der Waals surface area contributed by atoms with E-state index in [0.717, 1.165) is 5.39 Å². The van der Waals surface area contributed by atoms with Crippen LogP contribution in [0.15, 0.2) is 48.8 Å². The van der Waals surface area contributed by atoms with Gasteiger partial charge in [-0.1, -0.05) is 17.7 Å². The van der Waals surface area contributed by atoms with Crippen molar-refractivity contribution in [2.45, 2.75) is 0 Å². The van der Waals surface area contributed by atoms with Crippen LogP contribution in [-0.4, -0.2) is 22.9 Å². The Morgan fingerprint density at radius 3 is 2.86 bits per heavy atom. The van der Waals surface area contributed by atoms with Crippen molar-refractivity contribution in [3.8, 4) is 11.6 Å². The molecule has 0 aliphatic rings. The third-order valence-corrected chi connectivity index (χ3v) is 3.33. The van der Waals surface area contributed by atoms with E-state index in [2.05, 4.69) is 15.3 Å². The normalized spacial score (nSPS) is 10.5. The molecule has 1 aromatic heterocycles. The number of nitrogens with zero attached hydrogens (tertiary/aromatic N) is 2. The number of aromatic nitrogens is 2. The Labute approximate surface area is 131 Å². The predicted molar refractivity (Wildman–Crippen MR) is 84.5 cm³/mol. The molecule has 3 aromatic rings. The van der Waals surface area contributed by atoms with Crippen LogP contribution in [0.3, 0.4) is 0 Å². The van der Waals surface area contributed by atoms with Crippen LogP contribution in [0.1, 0.15) is 10.4 Å². The fourth-order valence-corrected chi connectivity index (χ4v) is 2.21. The van der Waals surface area contributed by atoms with E-state index in [1.54, 1.807) is 49.5 Å². The highest BCUT2D eigenvalue weighted by Gasteiger charge is 2.09. The van der Waals surface area contributed by atoms with Gasteiger partial charge in [0, 0.05) is 17.6 Å². The van der Waals surface area contributed by atoms with Crippen molar-refractivity contribution >= 4 is 28.4 Å². The monoisotopic (exact) mass is 313 g/mol. The van der Waals surface area contributed by atoms with Crippen LogP contribution in [0.25, 0.3) is 10.9 Å². The maximum Gasteiger partial charge on any atom is 0.251 e. The Morgan fingerprint density at radius 2 is 2.05 bits per heavy atom. The van der Waals surface area contributed by atoms with E-state index in [-0.39, 0.29) is 5.91 Å². The van der Waals surface area contributed by atoms with Crippen LogP contribution in [0.4, 0.5) is 0 Å². The number of carbonyl (C=O) groups excluding carboxylic acids is 1. The van der Waals surface area contributed by atoms with E-state index < -0.39 is 0 Å². The second-order valence-corrected chi connectivity index (χ2v) is 4.99. The first-order valence-corrected chi connectivity index (χ1v) is 6.95. The minimum absolute atomic E-state index is 0.176. The van der Waals surface area contributed by atoms with Crippen LogP contribution in [0, 0.1) is 0 Å². The van der Waals surface area contributed by atoms with Crippen LogP contribution in [-0.2, 0) is 0 Å². The smallest absolute Gasteiger partial charge is 0.251 e. The summed E-state index contributed by atoms with van der Waals surface area (Å²) in [4.78, 5) is 20.0. The van der Waals surface area contributed by atoms with Crippen LogP contribution < -0.4 is 10.1 Å². The maximum absolute atomic E-state index is 11.7. The number of carbonyl (C=O) groups is 1. The summed E-state index contributed by atoms with van der Waals surface area (Å²) in [7, 11) is 1.58. The SMILES string of the molecule is CNC(=O)c1cccc(Oc2ncnc3cc(Cl)ccc23)c1. The molecular weight excluding hydrogens is 302 g/mol. The highest BCUT2D eigenvalue weighted by atomic mass is 35.5. The van der Waals surface area contributed by atoms with E-state index in [0.29, 0.717) is 27.7 Å². The summed E-state index contributed by atoms with van der Waals surface area (Å²) >= 11 is 5.96. The van der Waals surface area contributed by atoms with Crippen LogP contribution in [0.5, 0.6) is 11.6 Å². The summed E-state index contributed by atoms with van der Waals surface area (Å²) in [5, 5.41) is 3.92. The van der Waals surface area contributed by atoms with Gasteiger partial charge in [0.05, 0.1) is 10.9 Å². The largest absolute Gasteiger partial charge is 0.438 e. The minimum Gasteiger partial charge on any atom is -0.438 e. The molecule has 0 fully saturated rings. The third kappa shape index (κ3) is 2.84. The van der Waals surface area contributed by atoms with Crippen LogP contribution >= 0.6 is 11.6 Å². The molecule has 0 saturated carbocycles. The molecule has 0 unspecified atom stereocenters. The van der Waals surface area contributed by atoms with Gasteiger partial charge in [0.25, 0.3) is 5.91 Å². The molecular formula is C16H12ClN3O2.